The molecule has 4 aromatic rings. The molecule has 0 saturated carbocycles. The van der Waals surface area contributed by atoms with E-state index in [1.807, 2.05) is 55.5 Å². The van der Waals surface area contributed by atoms with Crippen LogP contribution in [0.1, 0.15) is 33.3 Å². The van der Waals surface area contributed by atoms with Gasteiger partial charge >= 0.3 is 5.97 Å². The van der Waals surface area contributed by atoms with E-state index in [9.17, 15) is 4.79 Å². The van der Waals surface area contributed by atoms with Gasteiger partial charge in [0.1, 0.15) is 22.1 Å². The van der Waals surface area contributed by atoms with Crippen LogP contribution < -0.4 is 4.90 Å². The lowest BCUT2D eigenvalue weighted by Gasteiger charge is -2.23. The number of esters is 1. The number of fused-ring (bicyclic) bond motifs is 1. The highest BCUT2D eigenvalue weighted by atomic mass is 35.5. The summed E-state index contributed by atoms with van der Waals surface area (Å²) in [6.45, 7) is 5.63. The Hall–Kier alpha value is -2.96. The van der Waals surface area contributed by atoms with Gasteiger partial charge in [0.15, 0.2) is 0 Å². The number of hydrogen-bond acceptors (Lipinski definition) is 6. The number of halogens is 1. The highest BCUT2D eigenvalue weighted by molar-refractivity contribution is 7.20. The topological polar surface area (TPSA) is 55.3 Å². The normalized spacial score (nSPS) is 10.9. The Balaban J connectivity index is 1.67. The van der Waals surface area contributed by atoms with Crippen molar-refractivity contribution < 1.29 is 9.53 Å². The number of carbonyl (C=O) groups excluding carboxylic acids is 1. The molecule has 0 saturated heterocycles. The summed E-state index contributed by atoms with van der Waals surface area (Å²) in [7, 11) is 0. The molecule has 2 aromatic carbocycles. The lowest BCUT2D eigenvalue weighted by molar-refractivity contribution is 0.0478. The van der Waals surface area contributed by atoms with Gasteiger partial charge in [-0.25, -0.2) is 9.78 Å². The second-order valence-corrected chi connectivity index (χ2v) is 8.45. The molecule has 4 rings (SSSR count). The van der Waals surface area contributed by atoms with Crippen LogP contribution in [0.5, 0.6) is 0 Å². The number of aryl methyl sites for hydroxylation is 1. The average Bonchev–Trinajstić information content (AvgIpc) is 3.13. The van der Waals surface area contributed by atoms with Crippen LogP contribution in [0.3, 0.4) is 0 Å². The molecule has 0 atom stereocenters. The first-order valence-corrected chi connectivity index (χ1v) is 11.2. The van der Waals surface area contributed by atoms with Crippen molar-refractivity contribution in [2.24, 2.45) is 0 Å². The molecule has 2 aromatic heterocycles. The molecule has 0 amide bonds. The minimum absolute atomic E-state index is 0.166. The Morgan fingerprint density at radius 1 is 1.03 bits per heavy atom. The maximum absolute atomic E-state index is 12.8. The van der Waals surface area contributed by atoms with Crippen LogP contribution in [0.2, 0.25) is 5.28 Å². The van der Waals surface area contributed by atoms with E-state index in [1.54, 1.807) is 0 Å². The van der Waals surface area contributed by atoms with Crippen LogP contribution in [0.15, 0.2) is 60.7 Å². The molecular formula is C24H22ClN3O2S. The lowest BCUT2D eigenvalue weighted by Crippen LogP contribution is -2.23. The van der Waals surface area contributed by atoms with Gasteiger partial charge in [-0.05, 0) is 42.1 Å². The number of anilines is 1. The first kappa shape index (κ1) is 21.3. The molecule has 0 aliphatic rings. The van der Waals surface area contributed by atoms with Crippen LogP contribution in [-0.4, -0.2) is 22.5 Å². The van der Waals surface area contributed by atoms with Crippen LogP contribution in [0.25, 0.3) is 10.2 Å². The molecule has 0 spiro atoms. The van der Waals surface area contributed by atoms with Crippen LogP contribution in [-0.2, 0) is 17.9 Å². The fourth-order valence-corrected chi connectivity index (χ4v) is 4.73. The number of aromatic nitrogens is 2. The Labute approximate surface area is 190 Å². The standard InChI is InChI=1S/C24H22ClN3O2S/c1-3-28(14-17-10-6-4-7-11-17)21-19-16(2)20(31-22(19)27-24(25)26-21)23(29)30-15-18-12-8-5-9-13-18/h4-13H,3,14-15H2,1-2H3. The third kappa shape index (κ3) is 4.70. The summed E-state index contributed by atoms with van der Waals surface area (Å²) in [4.78, 5) is 25.1. The van der Waals surface area contributed by atoms with Gasteiger partial charge in [-0.2, -0.15) is 4.98 Å². The smallest absolute Gasteiger partial charge is 0.349 e. The van der Waals surface area contributed by atoms with Gasteiger partial charge in [-0.15, -0.1) is 11.3 Å². The third-order valence-corrected chi connectivity index (χ3v) is 6.37. The first-order chi connectivity index (χ1) is 15.1. The summed E-state index contributed by atoms with van der Waals surface area (Å²) in [5.74, 6) is 0.370. The zero-order chi connectivity index (χ0) is 21.8. The molecule has 31 heavy (non-hydrogen) atoms. The Morgan fingerprint density at radius 3 is 2.32 bits per heavy atom. The number of carbonyl (C=O) groups is 1. The molecule has 0 unspecified atom stereocenters. The molecule has 7 heteroatoms. The molecule has 0 N–H and O–H groups in total. The van der Waals surface area contributed by atoms with E-state index in [4.69, 9.17) is 16.3 Å². The maximum atomic E-state index is 12.8. The van der Waals surface area contributed by atoms with Crippen molar-refractivity contribution in [3.8, 4) is 0 Å². The number of rotatable bonds is 7. The van der Waals surface area contributed by atoms with Crippen molar-refractivity contribution in [3.05, 3.63) is 87.5 Å². The van der Waals surface area contributed by atoms with Crippen LogP contribution in [0.4, 0.5) is 5.82 Å². The van der Waals surface area contributed by atoms with Gasteiger partial charge in [-0.1, -0.05) is 60.7 Å². The van der Waals surface area contributed by atoms with Crippen molar-refractivity contribution in [1.82, 2.24) is 9.97 Å². The van der Waals surface area contributed by atoms with E-state index in [0.717, 1.165) is 28.9 Å². The number of hydrogen-bond donors (Lipinski definition) is 0. The highest BCUT2D eigenvalue weighted by Gasteiger charge is 2.23. The molecule has 158 valence electrons. The second-order valence-electron chi connectivity index (χ2n) is 7.11. The molecule has 0 fully saturated rings. The van der Waals surface area contributed by atoms with Gasteiger partial charge in [0.2, 0.25) is 5.28 Å². The van der Waals surface area contributed by atoms with E-state index in [-0.39, 0.29) is 17.9 Å². The van der Waals surface area contributed by atoms with Crippen molar-refractivity contribution in [2.45, 2.75) is 27.0 Å². The minimum Gasteiger partial charge on any atom is -0.457 e. The van der Waals surface area contributed by atoms with Crippen molar-refractivity contribution in [3.63, 3.8) is 0 Å². The predicted octanol–water partition coefficient (Wildman–Crippen LogP) is 6.04. The van der Waals surface area contributed by atoms with Gasteiger partial charge in [0, 0.05) is 13.1 Å². The monoisotopic (exact) mass is 451 g/mol. The largest absolute Gasteiger partial charge is 0.457 e. The summed E-state index contributed by atoms with van der Waals surface area (Å²) < 4.78 is 5.55. The fraction of sp³-hybridized carbons (Fsp3) is 0.208. The van der Waals surface area contributed by atoms with E-state index in [1.165, 1.54) is 16.9 Å². The zero-order valence-electron chi connectivity index (χ0n) is 17.3. The molecule has 0 aliphatic carbocycles. The van der Waals surface area contributed by atoms with Gasteiger partial charge < -0.3 is 9.64 Å². The summed E-state index contributed by atoms with van der Waals surface area (Å²) in [6, 6.07) is 19.8. The fourth-order valence-electron chi connectivity index (χ4n) is 3.44. The summed E-state index contributed by atoms with van der Waals surface area (Å²) in [6.07, 6.45) is 0. The summed E-state index contributed by atoms with van der Waals surface area (Å²) in [5.41, 5.74) is 2.93. The molecule has 0 aliphatic heterocycles. The highest BCUT2D eigenvalue weighted by Crippen LogP contribution is 2.37. The van der Waals surface area contributed by atoms with Gasteiger partial charge in [0.25, 0.3) is 0 Å². The number of nitrogens with zero attached hydrogens (tertiary/aromatic N) is 3. The van der Waals surface area contributed by atoms with E-state index >= 15 is 0 Å². The van der Waals surface area contributed by atoms with Gasteiger partial charge in [0.05, 0.1) is 5.39 Å². The van der Waals surface area contributed by atoms with Crippen molar-refractivity contribution in [2.75, 3.05) is 11.4 Å². The Kier molecular flexibility index (Phi) is 6.49. The van der Waals surface area contributed by atoms with Crippen molar-refractivity contribution >= 4 is 44.9 Å². The molecule has 5 nitrogen and oxygen atoms in total. The molecule has 0 radical (unpaired) electrons. The lowest BCUT2D eigenvalue weighted by atomic mass is 10.1. The third-order valence-electron chi connectivity index (χ3n) is 5.04. The van der Waals surface area contributed by atoms with E-state index < -0.39 is 0 Å². The summed E-state index contributed by atoms with van der Waals surface area (Å²) >= 11 is 7.54. The predicted molar refractivity (Wildman–Crippen MR) is 126 cm³/mol. The summed E-state index contributed by atoms with van der Waals surface area (Å²) in [5, 5.41) is 1.01. The Morgan fingerprint density at radius 2 is 1.68 bits per heavy atom. The number of benzene rings is 2. The molecule has 2 heterocycles. The first-order valence-electron chi connectivity index (χ1n) is 10.0. The second kappa shape index (κ2) is 9.45. The van der Waals surface area contributed by atoms with Crippen molar-refractivity contribution in [1.29, 1.82) is 0 Å². The maximum Gasteiger partial charge on any atom is 0.349 e. The quantitative estimate of drug-likeness (QED) is 0.253. The number of thiophene rings is 1. The number of ether oxygens (including phenoxy) is 1. The van der Waals surface area contributed by atoms with Crippen LogP contribution in [0, 0.1) is 6.92 Å². The minimum atomic E-state index is -0.363. The van der Waals surface area contributed by atoms with E-state index in [2.05, 4.69) is 33.9 Å². The zero-order valence-corrected chi connectivity index (χ0v) is 18.9. The Bertz CT molecular complexity index is 1200. The SMILES string of the molecule is CCN(Cc1ccccc1)c1nc(Cl)nc2sc(C(=O)OCc3ccccc3)c(C)c12. The molecule has 0 bridgehead atoms. The van der Waals surface area contributed by atoms with E-state index in [0.29, 0.717) is 16.3 Å². The average molecular weight is 452 g/mol. The van der Waals surface area contributed by atoms with Gasteiger partial charge in [-0.3, -0.25) is 0 Å². The molecular weight excluding hydrogens is 430 g/mol. The van der Waals surface area contributed by atoms with Crippen LogP contribution >= 0.6 is 22.9 Å².